The van der Waals surface area contributed by atoms with Crippen molar-refractivity contribution in [1.82, 2.24) is 9.47 Å². The monoisotopic (exact) mass is 306 g/mol. The van der Waals surface area contributed by atoms with E-state index in [1.807, 2.05) is 23.4 Å². The van der Waals surface area contributed by atoms with E-state index >= 15 is 0 Å². The van der Waals surface area contributed by atoms with Gasteiger partial charge in [0, 0.05) is 31.1 Å². The van der Waals surface area contributed by atoms with Crippen LogP contribution in [0.25, 0.3) is 0 Å². The summed E-state index contributed by atoms with van der Waals surface area (Å²) < 4.78 is 7.87. The second kappa shape index (κ2) is 5.70. The predicted molar refractivity (Wildman–Crippen MR) is 83.8 cm³/mol. The third-order valence-electron chi connectivity index (χ3n) is 4.87. The number of ether oxygens (including phenoxy) is 1. The number of aliphatic hydroxyl groups is 1. The van der Waals surface area contributed by atoms with Crippen LogP contribution in [0.2, 0.25) is 0 Å². The summed E-state index contributed by atoms with van der Waals surface area (Å²) in [6.07, 6.45) is 5.68. The molecule has 1 aliphatic heterocycles. The minimum atomic E-state index is -0.0264. The van der Waals surface area contributed by atoms with Crippen molar-refractivity contribution < 1.29 is 14.6 Å². The first-order valence-corrected chi connectivity index (χ1v) is 8.12. The zero-order valence-electron chi connectivity index (χ0n) is 13.7. The summed E-state index contributed by atoms with van der Waals surface area (Å²) in [5.74, 6) is 0.336. The molecule has 3 rings (SSSR count). The maximum atomic E-state index is 12.9. The molecule has 1 aliphatic carbocycles. The van der Waals surface area contributed by atoms with Crippen LogP contribution in [0.5, 0.6) is 0 Å². The smallest absolute Gasteiger partial charge is 0.255 e. The van der Waals surface area contributed by atoms with Gasteiger partial charge in [-0.25, -0.2) is 0 Å². The third kappa shape index (κ3) is 2.79. The third-order valence-corrected chi connectivity index (χ3v) is 4.87. The van der Waals surface area contributed by atoms with E-state index in [2.05, 4.69) is 25.3 Å². The van der Waals surface area contributed by atoms with Crippen LogP contribution in [0.3, 0.4) is 0 Å². The number of aliphatic hydroxyl groups excluding tert-OH is 1. The van der Waals surface area contributed by atoms with Crippen molar-refractivity contribution >= 4 is 5.91 Å². The molecule has 1 aromatic rings. The molecule has 22 heavy (non-hydrogen) atoms. The maximum Gasteiger partial charge on any atom is 0.255 e. The summed E-state index contributed by atoms with van der Waals surface area (Å²) in [6.45, 7) is 7.77. The second-order valence-electron chi connectivity index (χ2n) is 7.47. The number of fused-ring (bicyclic) bond motifs is 1. The summed E-state index contributed by atoms with van der Waals surface area (Å²) in [4.78, 5) is 14.8. The standard InChI is InChI=1S/C17H26N2O3/c1-17(2,3)18-5-4-13(10-18)16(21)19-6-7-22-15-9-12(11-20)8-14(15)19/h4-5,10,12,14-15,20H,6-9,11H2,1-3H3/t12-,14+,15?/m1/s1. The number of nitrogens with zero attached hydrogens (tertiary/aromatic N) is 2. The summed E-state index contributed by atoms with van der Waals surface area (Å²) >= 11 is 0. The molecular weight excluding hydrogens is 280 g/mol. The van der Waals surface area contributed by atoms with Crippen molar-refractivity contribution in [3.05, 3.63) is 24.0 Å². The molecule has 5 heteroatoms. The van der Waals surface area contributed by atoms with E-state index in [1.54, 1.807) is 0 Å². The van der Waals surface area contributed by atoms with Gasteiger partial charge in [-0.15, -0.1) is 0 Å². The van der Waals surface area contributed by atoms with Crippen molar-refractivity contribution in [3.8, 4) is 0 Å². The lowest BCUT2D eigenvalue weighted by Crippen LogP contribution is -2.51. The van der Waals surface area contributed by atoms with E-state index < -0.39 is 0 Å². The van der Waals surface area contributed by atoms with Crippen molar-refractivity contribution in [2.45, 2.75) is 51.3 Å². The molecule has 1 aromatic heterocycles. The average molecular weight is 306 g/mol. The Morgan fingerprint density at radius 1 is 1.41 bits per heavy atom. The highest BCUT2D eigenvalue weighted by Gasteiger charge is 2.42. The van der Waals surface area contributed by atoms with Crippen LogP contribution in [-0.2, 0) is 10.3 Å². The highest BCUT2D eigenvalue weighted by Crippen LogP contribution is 2.34. The van der Waals surface area contributed by atoms with Gasteiger partial charge >= 0.3 is 0 Å². The van der Waals surface area contributed by atoms with Gasteiger partial charge in [0.1, 0.15) is 0 Å². The van der Waals surface area contributed by atoms with E-state index in [-0.39, 0.29) is 36.1 Å². The molecule has 122 valence electrons. The number of amides is 1. The van der Waals surface area contributed by atoms with Gasteiger partial charge in [0.15, 0.2) is 0 Å². The molecule has 1 N–H and O–H groups in total. The minimum Gasteiger partial charge on any atom is -0.396 e. The number of carbonyl (C=O) groups excluding carboxylic acids is 1. The van der Waals surface area contributed by atoms with Crippen molar-refractivity contribution in [1.29, 1.82) is 0 Å². The molecule has 0 radical (unpaired) electrons. The molecule has 0 bridgehead atoms. The Kier molecular flexibility index (Phi) is 4.03. The SMILES string of the molecule is CC(C)(C)n1ccc(C(=O)N2CCOC3C[C@H](CO)C[C@@H]32)c1. The lowest BCUT2D eigenvalue weighted by Gasteiger charge is -2.37. The molecule has 1 saturated heterocycles. The minimum absolute atomic E-state index is 0.0264. The fourth-order valence-corrected chi connectivity index (χ4v) is 3.56. The number of carbonyl (C=O) groups is 1. The van der Waals surface area contributed by atoms with Crippen molar-refractivity contribution in [3.63, 3.8) is 0 Å². The molecule has 2 heterocycles. The average Bonchev–Trinajstić information content (AvgIpc) is 3.11. The quantitative estimate of drug-likeness (QED) is 0.907. The van der Waals surface area contributed by atoms with Crippen molar-refractivity contribution in [2.75, 3.05) is 19.8 Å². The molecule has 2 fully saturated rings. The first kappa shape index (κ1) is 15.6. The maximum absolute atomic E-state index is 12.9. The van der Waals surface area contributed by atoms with E-state index in [9.17, 15) is 9.90 Å². The second-order valence-corrected chi connectivity index (χ2v) is 7.47. The lowest BCUT2D eigenvalue weighted by atomic mass is 10.1. The van der Waals surface area contributed by atoms with Crippen LogP contribution in [0.15, 0.2) is 18.5 Å². The topological polar surface area (TPSA) is 54.7 Å². The molecule has 1 saturated carbocycles. The Balaban J connectivity index is 1.78. The number of hydrogen-bond acceptors (Lipinski definition) is 3. The first-order chi connectivity index (χ1) is 10.4. The van der Waals surface area contributed by atoms with E-state index in [4.69, 9.17) is 4.74 Å². The van der Waals surface area contributed by atoms with E-state index in [0.29, 0.717) is 13.2 Å². The largest absolute Gasteiger partial charge is 0.396 e. The molecule has 0 spiro atoms. The Morgan fingerprint density at radius 2 is 2.18 bits per heavy atom. The van der Waals surface area contributed by atoms with Crippen LogP contribution < -0.4 is 0 Å². The summed E-state index contributed by atoms with van der Waals surface area (Å²) in [5, 5.41) is 9.39. The molecule has 3 atom stereocenters. The van der Waals surface area contributed by atoms with Gasteiger partial charge in [-0.3, -0.25) is 4.79 Å². The van der Waals surface area contributed by atoms with Gasteiger partial charge < -0.3 is 19.3 Å². The molecule has 0 aromatic carbocycles. The summed E-state index contributed by atoms with van der Waals surface area (Å²) in [7, 11) is 0. The normalized spacial score (nSPS) is 28.7. The highest BCUT2D eigenvalue weighted by molar-refractivity contribution is 5.94. The fraction of sp³-hybridized carbons (Fsp3) is 0.706. The summed E-state index contributed by atoms with van der Waals surface area (Å²) in [6, 6.07) is 2.01. The van der Waals surface area contributed by atoms with Gasteiger partial charge in [0.05, 0.1) is 24.3 Å². The van der Waals surface area contributed by atoms with Crippen LogP contribution in [0.4, 0.5) is 0 Å². The van der Waals surface area contributed by atoms with Gasteiger partial charge in [-0.2, -0.15) is 0 Å². The molecular formula is C17H26N2O3. The number of aromatic nitrogens is 1. The highest BCUT2D eigenvalue weighted by atomic mass is 16.5. The van der Waals surface area contributed by atoms with Crippen LogP contribution in [-0.4, -0.2) is 52.4 Å². The Bertz CT molecular complexity index is 546. The number of rotatable bonds is 2. The molecule has 1 amide bonds. The zero-order chi connectivity index (χ0) is 15.9. The zero-order valence-corrected chi connectivity index (χ0v) is 13.7. The van der Waals surface area contributed by atoms with Gasteiger partial charge in [0.2, 0.25) is 0 Å². The molecule has 5 nitrogen and oxygen atoms in total. The van der Waals surface area contributed by atoms with Gasteiger partial charge in [0.25, 0.3) is 5.91 Å². The van der Waals surface area contributed by atoms with Crippen LogP contribution in [0.1, 0.15) is 44.0 Å². The number of hydrogen-bond donors (Lipinski definition) is 1. The summed E-state index contributed by atoms with van der Waals surface area (Å²) in [5.41, 5.74) is 0.713. The Morgan fingerprint density at radius 3 is 2.82 bits per heavy atom. The molecule has 1 unspecified atom stereocenters. The van der Waals surface area contributed by atoms with Crippen LogP contribution >= 0.6 is 0 Å². The number of morpholine rings is 1. The van der Waals surface area contributed by atoms with Crippen LogP contribution in [0, 0.1) is 5.92 Å². The van der Waals surface area contributed by atoms with E-state index in [0.717, 1.165) is 18.4 Å². The lowest BCUT2D eigenvalue weighted by molar-refractivity contribution is -0.0448. The Hall–Kier alpha value is -1.33. The fourth-order valence-electron chi connectivity index (χ4n) is 3.56. The van der Waals surface area contributed by atoms with E-state index in [1.165, 1.54) is 0 Å². The first-order valence-electron chi connectivity index (χ1n) is 8.12. The predicted octanol–water partition coefficient (Wildman–Crippen LogP) is 1.86. The molecule has 2 aliphatic rings. The Labute approximate surface area is 131 Å². The van der Waals surface area contributed by atoms with Gasteiger partial charge in [-0.05, 0) is 45.6 Å². The van der Waals surface area contributed by atoms with Crippen molar-refractivity contribution in [2.24, 2.45) is 5.92 Å². The van der Waals surface area contributed by atoms with Gasteiger partial charge in [-0.1, -0.05) is 0 Å².